The second kappa shape index (κ2) is 4.45. The molecule has 82 valence electrons. The normalized spacial score (nSPS) is 10.1. The highest BCUT2D eigenvalue weighted by Crippen LogP contribution is 2.23. The molecule has 0 aliphatic heterocycles. The molecule has 0 aliphatic carbocycles. The molecule has 2 N–H and O–H groups in total. The lowest BCUT2D eigenvalue weighted by atomic mass is 10.3. The van der Waals surface area contributed by atoms with Crippen LogP contribution >= 0.6 is 24.0 Å². The number of rotatable bonds is 3. The van der Waals surface area contributed by atoms with Crippen molar-refractivity contribution in [2.24, 2.45) is 0 Å². The molecule has 0 atom stereocenters. The molecule has 0 fully saturated rings. The second-order valence-electron chi connectivity index (χ2n) is 2.83. The van der Waals surface area contributed by atoms with E-state index in [4.69, 9.17) is 5.21 Å². The van der Waals surface area contributed by atoms with Crippen LogP contribution in [0.1, 0.15) is 0 Å². The first-order chi connectivity index (χ1) is 7.65. The summed E-state index contributed by atoms with van der Waals surface area (Å²) in [5.74, 6) is 0. The zero-order valence-electron chi connectivity index (χ0n) is 7.86. The molecule has 0 saturated heterocycles. The molecular weight excluding hydrogens is 248 g/mol. The average molecular weight is 255 g/mol. The van der Waals surface area contributed by atoms with Gasteiger partial charge < -0.3 is 5.32 Å². The van der Waals surface area contributed by atoms with E-state index in [1.807, 2.05) is 0 Å². The second-order valence-corrected chi connectivity index (χ2v) is 4.54. The lowest BCUT2D eigenvalue weighted by molar-refractivity contribution is -0.729. The SMILES string of the molecule is O=[N+](O)c1ccc(Nc2nnc(S)s2)cc1. The number of hydrogen-bond donors (Lipinski definition) is 3. The van der Waals surface area contributed by atoms with Gasteiger partial charge in [-0.25, -0.2) is 5.21 Å². The molecule has 8 heteroatoms. The zero-order chi connectivity index (χ0) is 11.5. The molecule has 0 bridgehead atoms. The monoisotopic (exact) mass is 255 g/mol. The highest BCUT2D eigenvalue weighted by atomic mass is 32.2. The molecule has 0 aliphatic rings. The van der Waals surface area contributed by atoms with Crippen molar-refractivity contribution in [1.82, 2.24) is 10.2 Å². The van der Waals surface area contributed by atoms with Crippen molar-refractivity contribution in [3.05, 3.63) is 29.2 Å². The quantitative estimate of drug-likeness (QED) is 0.579. The van der Waals surface area contributed by atoms with Gasteiger partial charge in [0.25, 0.3) is 4.92 Å². The summed E-state index contributed by atoms with van der Waals surface area (Å²) in [5.41, 5.74) is 0.910. The summed E-state index contributed by atoms with van der Waals surface area (Å²) in [6.07, 6.45) is 0. The fourth-order valence-electron chi connectivity index (χ4n) is 1.06. The summed E-state index contributed by atoms with van der Waals surface area (Å²) in [5, 5.41) is 19.8. The van der Waals surface area contributed by atoms with Crippen molar-refractivity contribution in [2.75, 3.05) is 5.32 Å². The van der Waals surface area contributed by atoms with E-state index in [2.05, 4.69) is 28.1 Å². The van der Waals surface area contributed by atoms with Crippen molar-refractivity contribution in [2.45, 2.75) is 4.34 Å². The van der Waals surface area contributed by atoms with E-state index in [1.165, 1.54) is 23.5 Å². The summed E-state index contributed by atoms with van der Waals surface area (Å²) in [6, 6.07) is 6.27. The molecule has 6 nitrogen and oxygen atoms in total. The van der Waals surface area contributed by atoms with E-state index in [9.17, 15) is 4.91 Å². The van der Waals surface area contributed by atoms with Crippen LogP contribution in [-0.2, 0) is 0 Å². The molecule has 0 spiro atoms. The van der Waals surface area contributed by atoms with Crippen molar-refractivity contribution in [3.8, 4) is 0 Å². The van der Waals surface area contributed by atoms with E-state index in [0.29, 0.717) is 9.47 Å². The van der Waals surface area contributed by atoms with E-state index >= 15 is 0 Å². The molecule has 0 amide bonds. The van der Waals surface area contributed by atoms with Crippen LogP contribution < -0.4 is 5.32 Å². The van der Waals surface area contributed by atoms with Crippen molar-refractivity contribution in [3.63, 3.8) is 0 Å². The summed E-state index contributed by atoms with van der Waals surface area (Å²) in [4.78, 5) is 10.3. The summed E-state index contributed by atoms with van der Waals surface area (Å²) < 4.78 is 0.570. The zero-order valence-corrected chi connectivity index (χ0v) is 9.57. The number of hydrogen-bond acceptors (Lipinski definition) is 6. The molecule has 1 aromatic carbocycles. The summed E-state index contributed by atoms with van der Waals surface area (Å²) in [6.45, 7) is 0. The Balaban J connectivity index is 2.14. The first-order valence-corrected chi connectivity index (χ1v) is 5.47. The largest absolute Gasteiger partial charge is 0.330 e. The Labute approximate surface area is 99.9 Å². The molecule has 0 radical (unpaired) electrons. The lowest BCUT2D eigenvalue weighted by Gasteiger charge is -1.99. The highest BCUT2D eigenvalue weighted by molar-refractivity contribution is 7.82. The van der Waals surface area contributed by atoms with Crippen LogP contribution in [0.15, 0.2) is 28.6 Å². The first kappa shape index (κ1) is 10.8. The first-order valence-electron chi connectivity index (χ1n) is 4.21. The predicted molar refractivity (Wildman–Crippen MR) is 62.0 cm³/mol. The third-order valence-corrected chi connectivity index (χ3v) is 2.76. The van der Waals surface area contributed by atoms with E-state index in [-0.39, 0.29) is 10.6 Å². The third kappa shape index (κ3) is 2.47. The van der Waals surface area contributed by atoms with E-state index in [0.717, 1.165) is 5.69 Å². The van der Waals surface area contributed by atoms with Gasteiger partial charge in [-0.15, -0.1) is 22.8 Å². The van der Waals surface area contributed by atoms with Crippen LogP contribution in [0, 0.1) is 4.91 Å². The maximum absolute atomic E-state index is 10.5. The van der Waals surface area contributed by atoms with Crippen LogP contribution in [0.2, 0.25) is 0 Å². The van der Waals surface area contributed by atoms with E-state index < -0.39 is 0 Å². The van der Waals surface area contributed by atoms with Crippen LogP contribution in [0.25, 0.3) is 0 Å². The van der Waals surface area contributed by atoms with Gasteiger partial charge in [0.15, 0.2) is 4.34 Å². The van der Waals surface area contributed by atoms with Gasteiger partial charge in [-0.2, -0.15) is 0 Å². The Bertz CT molecular complexity index is 511. The Morgan fingerprint density at radius 2 is 2.00 bits per heavy atom. The number of nitrogens with one attached hydrogen (secondary N) is 1. The number of thiol groups is 1. The Morgan fingerprint density at radius 3 is 2.50 bits per heavy atom. The van der Waals surface area contributed by atoms with Crippen LogP contribution in [0.3, 0.4) is 0 Å². The maximum Gasteiger partial charge on any atom is 0.316 e. The van der Waals surface area contributed by atoms with Gasteiger partial charge in [0.1, 0.15) is 0 Å². The minimum absolute atomic E-state index is 0.165. The van der Waals surface area contributed by atoms with Crippen molar-refractivity contribution >= 4 is 40.5 Å². The molecule has 1 heterocycles. The third-order valence-electron chi connectivity index (χ3n) is 1.75. The Morgan fingerprint density at radius 1 is 1.31 bits per heavy atom. The average Bonchev–Trinajstić information content (AvgIpc) is 2.65. The summed E-state index contributed by atoms with van der Waals surface area (Å²) >= 11 is 5.34. The van der Waals surface area contributed by atoms with Gasteiger partial charge in [0.05, 0.1) is 4.91 Å². The molecule has 1 aromatic heterocycles. The number of aromatic nitrogens is 2. The fourth-order valence-corrected chi connectivity index (χ4v) is 1.87. The van der Waals surface area contributed by atoms with Crippen LogP contribution in [0.4, 0.5) is 16.5 Å². The predicted octanol–water partition coefficient (Wildman–Crippen LogP) is 2.37. The Hall–Kier alpha value is -1.67. The molecule has 0 unspecified atom stereocenters. The van der Waals surface area contributed by atoms with Gasteiger partial charge in [-0.1, -0.05) is 11.3 Å². The molecule has 16 heavy (non-hydrogen) atoms. The lowest BCUT2D eigenvalue weighted by Crippen LogP contribution is -1.93. The topological polar surface area (TPSA) is 78.1 Å². The van der Waals surface area contributed by atoms with Gasteiger partial charge in [0.2, 0.25) is 5.13 Å². The smallest absolute Gasteiger partial charge is 0.316 e. The van der Waals surface area contributed by atoms with Crippen LogP contribution in [0.5, 0.6) is 0 Å². The molecule has 2 rings (SSSR count). The van der Waals surface area contributed by atoms with Crippen molar-refractivity contribution in [1.29, 1.82) is 0 Å². The molecule has 0 saturated carbocycles. The minimum Gasteiger partial charge on any atom is -0.330 e. The summed E-state index contributed by atoms with van der Waals surface area (Å²) in [7, 11) is 0. The molecule has 2 aromatic rings. The van der Waals surface area contributed by atoms with Gasteiger partial charge in [-0.3, -0.25) is 0 Å². The fraction of sp³-hybridized carbons (Fsp3) is 0. The minimum atomic E-state index is -0.194. The maximum atomic E-state index is 10.5. The van der Waals surface area contributed by atoms with Gasteiger partial charge in [-0.05, 0) is 12.1 Å². The standard InChI is InChI=1S/C8H6N4O2S2/c13-12(14)6-3-1-5(2-4-6)9-7-10-11-8(15)16-7/h1-4H,(H2-,9,10,11,13,14,15)/p+1. The van der Waals surface area contributed by atoms with Crippen LogP contribution in [-0.4, -0.2) is 20.3 Å². The van der Waals surface area contributed by atoms with Crippen molar-refractivity contribution < 1.29 is 10.1 Å². The number of anilines is 2. The number of benzene rings is 1. The van der Waals surface area contributed by atoms with Gasteiger partial charge in [0, 0.05) is 17.8 Å². The van der Waals surface area contributed by atoms with Gasteiger partial charge >= 0.3 is 5.69 Å². The Kier molecular flexibility index (Phi) is 3.02. The van der Waals surface area contributed by atoms with E-state index in [1.54, 1.807) is 12.1 Å². The number of nitrogens with zero attached hydrogens (tertiary/aromatic N) is 3. The highest BCUT2D eigenvalue weighted by Gasteiger charge is 2.10. The molecular formula is C8H7N4O2S2+.